The molecule has 0 bridgehead atoms. The first kappa shape index (κ1) is 12.6. The van der Waals surface area contributed by atoms with Crippen LogP contribution in [0.1, 0.15) is 17.0 Å². The summed E-state index contributed by atoms with van der Waals surface area (Å²) in [6.07, 6.45) is 0.587. The molecule has 1 N–H and O–H groups in total. The lowest BCUT2D eigenvalue weighted by Gasteiger charge is -2.00. The first-order valence-electron chi connectivity index (χ1n) is 5.37. The number of nitrogens with zero attached hydrogens (tertiary/aromatic N) is 2. The molecule has 1 aromatic heterocycles. The van der Waals surface area contributed by atoms with Gasteiger partial charge in [-0.05, 0) is 18.1 Å². The van der Waals surface area contributed by atoms with Gasteiger partial charge in [0.2, 0.25) is 0 Å². The second kappa shape index (κ2) is 5.68. The van der Waals surface area contributed by atoms with Gasteiger partial charge in [0.15, 0.2) is 5.82 Å². The van der Waals surface area contributed by atoms with Gasteiger partial charge >= 0.3 is 5.97 Å². The molecular formula is C12H12N2O3S. The molecule has 1 heterocycles. The number of carboxylic acids is 1. The quantitative estimate of drug-likeness (QED) is 0.834. The van der Waals surface area contributed by atoms with Crippen LogP contribution in [-0.2, 0) is 11.2 Å². The van der Waals surface area contributed by atoms with E-state index in [0.717, 1.165) is 17.3 Å². The van der Waals surface area contributed by atoms with Gasteiger partial charge in [-0.2, -0.15) is 4.98 Å². The number of aromatic nitrogens is 2. The number of aliphatic carboxylic acids is 1. The smallest absolute Gasteiger partial charge is 0.314 e. The Hall–Kier alpha value is -1.82. The van der Waals surface area contributed by atoms with Crippen molar-refractivity contribution in [3.8, 4) is 0 Å². The standard InChI is InChI=1S/C12H12N2O3S/c1-8-4-2-3-5-9(8)6-10-13-12(17-14-10)18-7-11(15)16/h2-5H,6-7H2,1H3,(H,15,16). The van der Waals surface area contributed by atoms with Crippen LogP contribution in [-0.4, -0.2) is 27.0 Å². The SMILES string of the molecule is Cc1ccccc1Cc1noc(SCC(=O)O)n1. The fourth-order valence-corrected chi connectivity index (χ4v) is 1.98. The minimum atomic E-state index is -0.904. The van der Waals surface area contributed by atoms with Crippen molar-refractivity contribution in [1.82, 2.24) is 10.1 Å². The van der Waals surface area contributed by atoms with Crippen molar-refractivity contribution in [2.24, 2.45) is 0 Å². The molecule has 94 valence electrons. The number of rotatable bonds is 5. The third kappa shape index (κ3) is 3.33. The average Bonchev–Trinajstić information content (AvgIpc) is 2.77. The van der Waals surface area contributed by atoms with E-state index in [1.807, 2.05) is 31.2 Å². The van der Waals surface area contributed by atoms with E-state index in [-0.39, 0.29) is 5.75 Å². The van der Waals surface area contributed by atoms with Gasteiger partial charge in [0, 0.05) is 6.42 Å². The van der Waals surface area contributed by atoms with Gasteiger partial charge in [-0.25, -0.2) is 0 Å². The molecule has 18 heavy (non-hydrogen) atoms. The third-order valence-corrected chi connectivity index (χ3v) is 3.18. The number of hydrogen-bond donors (Lipinski definition) is 1. The summed E-state index contributed by atoms with van der Waals surface area (Å²) in [5.74, 6) is -0.415. The molecule has 0 amide bonds. The van der Waals surface area contributed by atoms with Crippen LogP contribution >= 0.6 is 11.8 Å². The van der Waals surface area contributed by atoms with Crippen LogP contribution in [0.15, 0.2) is 34.0 Å². The van der Waals surface area contributed by atoms with Gasteiger partial charge in [0.05, 0.1) is 0 Å². The molecule has 1 aromatic carbocycles. The second-order valence-electron chi connectivity index (χ2n) is 3.76. The van der Waals surface area contributed by atoms with E-state index in [1.165, 1.54) is 5.56 Å². The molecule has 0 aliphatic carbocycles. The molecule has 0 saturated carbocycles. The van der Waals surface area contributed by atoms with Crippen molar-refractivity contribution in [2.45, 2.75) is 18.6 Å². The molecule has 2 rings (SSSR count). The van der Waals surface area contributed by atoms with E-state index in [2.05, 4.69) is 10.1 Å². The highest BCUT2D eigenvalue weighted by molar-refractivity contribution is 7.99. The van der Waals surface area contributed by atoms with Crippen LogP contribution in [0.3, 0.4) is 0 Å². The number of thioether (sulfide) groups is 1. The Morgan fingerprint density at radius 1 is 1.44 bits per heavy atom. The Bertz CT molecular complexity index is 554. The van der Waals surface area contributed by atoms with Gasteiger partial charge in [0.25, 0.3) is 5.22 Å². The zero-order chi connectivity index (χ0) is 13.0. The summed E-state index contributed by atoms with van der Waals surface area (Å²) >= 11 is 1.02. The molecule has 5 nitrogen and oxygen atoms in total. The van der Waals surface area contributed by atoms with Crippen molar-refractivity contribution >= 4 is 17.7 Å². The summed E-state index contributed by atoms with van der Waals surface area (Å²) in [4.78, 5) is 14.5. The molecule has 0 aliphatic heterocycles. The lowest BCUT2D eigenvalue weighted by molar-refractivity contribution is -0.133. The normalized spacial score (nSPS) is 10.5. The van der Waals surface area contributed by atoms with Gasteiger partial charge in [-0.3, -0.25) is 4.79 Å². The Kier molecular flexibility index (Phi) is 3.99. The largest absolute Gasteiger partial charge is 0.481 e. The molecule has 2 aromatic rings. The van der Waals surface area contributed by atoms with E-state index in [4.69, 9.17) is 9.63 Å². The highest BCUT2D eigenvalue weighted by atomic mass is 32.2. The fraction of sp³-hybridized carbons (Fsp3) is 0.250. The van der Waals surface area contributed by atoms with Gasteiger partial charge in [-0.15, -0.1) is 0 Å². The Morgan fingerprint density at radius 3 is 2.94 bits per heavy atom. The molecule has 0 spiro atoms. The monoisotopic (exact) mass is 264 g/mol. The predicted molar refractivity (Wildman–Crippen MR) is 66.6 cm³/mol. The van der Waals surface area contributed by atoms with Crippen LogP contribution < -0.4 is 0 Å². The number of carboxylic acid groups (broad SMARTS) is 1. The highest BCUT2D eigenvalue weighted by Gasteiger charge is 2.10. The summed E-state index contributed by atoms with van der Waals surface area (Å²) in [7, 11) is 0. The van der Waals surface area contributed by atoms with Gasteiger partial charge in [-0.1, -0.05) is 41.2 Å². The van der Waals surface area contributed by atoms with E-state index in [1.54, 1.807) is 0 Å². The van der Waals surface area contributed by atoms with Crippen molar-refractivity contribution in [2.75, 3.05) is 5.75 Å². The summed E-state index contributed by atoms with van der Waals surface area (Å²) in [5, 5.41) is 12.7. The molecule has 0 saturated heterocycles. The third-order valence-electron chi connectivity index (χ3n) is 2.38. The zero-order valence-corrected chi connectivity index (χ0v) is 10.6. The van der Waals surface area contributed by atoms with Crippen LogP contribution in [0.4, 0.5) is 0 Å². The van der Waals surface area contributed by atoms with E-state index < -0.39 is 5.97 Å². The number of carbonyl (C=O) groups is 1. The predicted octanol–water partition coefficient (Wildman–Crippen LogP) is 2.15. The Morgan fingerprint density at radius 2 is 2.22 bits per heavy atom. The first-order chi connectivity index (χ1) is 8.65. The number of hydrogen-bond acceptors (Lipinski definition) is 5. The molecule has 0 atom stereocenters. The summed E-state index contributed by atoms with van der Waals surface area (Å²) in [6, 6.07) is 7.97. The fourth-order valence-electron chi connectivity index (χ4n) is 1.47. The molecule has 0 unspecified atom stereocenters. The van der Waals surface area contributed by atoms with Crippen molar-refractivity contribution in [1.29, 1.82) is 0 Å². The Labute approximate surface area is 108 Å². The molecular weight excluding hydrogens is 252 g/mol. The number of benzene rings is 1. The van der Waals surface area contributed by atoms with Crippen LogP contribution in [0, 0.1) is 6.92 Å². The van der Waals surface area contributed by atoms with Crippen LogP contribution in [0.2, 0.25) is 0 Å². The second-order valence-corrected chi connectivity index (χ2v) is 4.69. The zero-order valence-electron chi connectivity index (χ0n) is 9.79. The van der Waals surface area contributed by atoms with E-state index in [0.29, 0.717) is 17.5 Å². The highest BCUT2D eigenvalue weighted by Crippen LogP contribution is 2.17. The maximum atomic E-state index is 10.4. The topological polar surface area (TPSA) is 76.2 Å². The van der Waals surface area contributed by atoms with Gasteiger partial charge in [0.1, 0.15) is 5.75 Å². The minimum absolute atomic E-state index is 0.0774. The summed E-state index contributed by atoms with van der Waals surface area (Å²) < 4.78 is 4.97. The number of aryl methyl sites for hydroxylation is 1. The lowest BCUT2D eigenvalue weighted by Crippen LogP contribution is -1.97. The summed E-state index contributed by atoms with van der Waals surface area (Å²) in [6.45, 7) is 2.02. The molecule has 0 fully saturated rings. The van der Waals surface area contributed by atoms with Crippen molar-refractivity contribution in [3.05, 3.63) is 41.2 Å². The van der Waals surface area contributed by atoms with Gasteiger partial charge < -0.3 is 9.63 Å². The summed E-state index contributed by atoms with van der Waals surface area (Å²) in [5.41, 5.74) is 2.30. The average molecular weight is 264 g/mol. The first-order valence-corrected chi connectivity index (χ1v) is 6.35. The van der Waals surface area contributed by atoms with E-state index >= 15 is 0 Å². The molecule has 0 radical (unpaired) electrons. The lowest BCUT2D eigenvalue weighted by atomic mass is 10.1. The minimum Gasteiger partial charge on any atom is -0.481 e. The Balaban J connectivity index is 2.02. The molecule has 6 heteroatoms. The maximum Gasteiger partial charge on any atom is 0.314 e. The van der Waals surface area contributed by atoms with Crippen molar-refractivity contribution in [3.63, 3.8) is 0 Å². The van der Waals surface area contributed by atoms with E-state index in [9.17, 15) is 4.79 Å². The maximum absolute atomic E-state index is 10.4. The van der Waals surface area contributed by atoms with Crippen LogP contribution in [0.5, 0.6) is 0 Å². The van der Waals surface area contributed by atoms with Crippen LogP contribution in [0.25, 0.3) is 0 Å². The van der Waals surface area contributed by atoms with Crippen molar-refractivity contribution < 1.29 is 14.4 Å². The molecule has 0 aliphatic rings.